The standard InChI is InChI=1S/C11H11F6NO3/c12-10(13,14)7(21)18-9(11(15,16)17)3-8(4-9)1-5(2-8)6(19)20/h5H,1-4H2,(H,18,21)(H,19,20). The van der Waals surface area contributed by atoms with Crippen LogP contribution in [0.4, 0.5) is 26.3 Å². The summed E-state index contributed by atoms with van der Waals surface area (Å²) >= 11 is 0. The van der Waals surface area contributed by atoms with Crippen LogP contribution in [0.15, 0.2) is 0 Å². The molecule has 0 radical (unpaired) electrons. The molecule has 4 nitrogen and oxygen atoms in total. The van der Waals surface area contributed by atoms with E-state index in [9.17, 15) is 35.9 Å². The zero-order chi connectivity index (χ0) is 16.3. The van der Waals surface area contributed by atoms with Crippen molar-refractivity contribution in [3.05, 3.63) is 0 Å². The van der Waals surface area contributed by atoms with E-state index in [2.05, 4.69) is 0 Å². The smallest absolute Gasteiger partial charge is 0.471 e. The molecule has 0 heterocycles. The number of carboxylic acids is 1. The average Bonchev–Trinajstić information content (AvgIpc) is 2.14. The quantitative estimate of drug-likeness (QED) is 0.767. The van der Waals surface area contributed by atoms with Crippen LogP contribution >= 0.6 is 0 Å². The van der Waals surface area contributed by atoms with E-state index < -0.39 is 53.9 Å². The first kappa shape index (κ1) is 15.9. The molecule has 10 heteroatoms. The number of carbonyl (C=O) groups is 2. The van der Waals surface area contributed by atoms with Gasteiger partial charge in [-0.15, -0.1) is 0 Å². The number of nitrogens with one attached hydrogen (secondary N) is 1. The van der Waals surface area contributed by atoms with Gasteiger partial charge in [0.25, 0.3) is 0 Å². The van der Waals surface area contributed by atoms with Crippen LogP contribution in [0.5, 0.6) is 0 Å². The molecule has 120 valence electrons. The van der Waals surface area contributed by atoms with E-state index in [-0.39, 0.29) is 12.8 Å². The highest BCUT2D eigenvalue weighted by molar-refractivity contribution is 5.82. The van der Waals surface area contributed by atoms with Crippen LogP contribution in [-0.2, 0) is 9.59 Å². The van der Waals surface area contributed by atoms with E-state index in [1.54, 1.807) is 0 Å². The van der Waals surface area contributed by atoms with Crippen LogP contribution in [0, 0.1) is 11.3 Å². The van der Waals surface area contributed by atoms with Crippen LogP contribution < -0.4 is 5.32 Å². The number of amides is 1. The summed E-state index contributed by atoms with van der Waals surface area (Å²) in [5, 5.41) is 9.73. The van der Waals surface area contributed by atoms with Gasteiger partial charge in [-0.2, -0.15) is 26.3 Å². The highest BCUT2D eigenvalue weighted by atomic mass is 19.4. The van der Waals surface area contributed by atoms with E-state index in [4.69, 9.17) is 5.11 Å². The molecule has 0 aromatic carbocycles. The van der Waals surface area contributed by atoms with Crippen molar-refractivity contribution in [3.63, 3.8) is 0 Å². The normalized spacial score (nSPS) is 35.8. The fraction of sp³-hybridized carbons (Fsp3) is 0.818. The van der Waals surface area contributed by atoms with E-state index in [0.29, 0.717) is 0 Å². The highest BCUT2D eigenvalue weighted by Gasteiger charge is 2.72. The summed E-state index contributed by atoms with van der Waals surface area (Å²) in [7, 11) is 0. The lowest BCUT2D eigenvalue weighted by Gasteiger charge is -2.62. The van der Waals surface area contributed by atoms with E-state index >= 15 is 0 Å². The van der Waals surface area contributed by atoms with Gasteiger partial charge in [0.2, 0.25) is 0 Å². The highest BCUT2D eigenvalue weighted by Crippen LogP contribution is 2.66. The Kier molecular flexibility index (Phi) is 3.23. The summed E-state index contributed by atoms with van der Waals surface area (Å²) in [4.78, 5) is 21.4. The number of rotatable bonds is 2. The molecule has 2 fully saturated rings. The lowest BCUT2D eigenvalue weighted by molar-refractivity contribution is -0.268. The van der Waals surface area contributed by atoms with Gasteiger partial charge in [0.1, 0.15) is 5.54 Å². The van der Waals surface area contributed by atoms with Crippen LogP contribution in [0.3, 0.4) is 0 Å². The van der Waals surface area contributed by atoms with Crippen molar-refractivity contribution in [1.82, 2.24) is 5.32 Å². The second-order valence-electron chi connectivity index (χ2n) is 5.83. The van der Waals surface area contributed by atoms with Crippen molar-refractivity contribution in [1.29, 1.82) is 0 Å². The van der Waals surface area contributed by atoms with Gasteiger partial charge in [0.05, 0.1) is 5.92 Å². The number of halogens is 6. The number of alkyl halides is 6. The summed E-state index contributed by atoms with van der Waals surface area (Å²) < 4.78 is 75.3. The summed E-state index contributed by atoms with van der Waals surface area (Å²) in [6.07, 6.45) is -11.9. The number of hydrogen-bond acceptors (Lipinski definition) is 2. The van der Waals surface area contributed by atoms with Gasteiger partial charge in [-0.25, -0.2) is 0 Å². The Morgan fingerprint density at radius 1 is 1.05 bits per heavy atom. The topological polar surface area (TPSA) is 66.4 Å². The second-order valence-corrected chi connectivity index (χ2v) is 5.83. The molecule has 0 aromatic heterocycles. The molecular formula is C11H11F6NO3. The monoisotopic (exact) mass is 319 g/mol. The van der Waals surface area contributed by atoms with Gasteiger partial charge in [0.15, 0.2) is 0 Å². The van der Waals surface area contributed by atoms with E-state index in [1.165, 1.54) is 0 Å². The van der Waals surface area contributed by atoms with Gasteiger partial charge in [-0.05, 0) is 31.1 Å². The fourth-order valence-electron chi connectivity index (χ4n) is 3.33. The van der Waals surface area contributed by atoms with Crippen molar-refractivity contribution in [2.24, 2.45) is 11.3 Å². The number of aliphatic carboxylic acids is 1. The molecule has 2 aliphatic rings. The zero-order valence-corrected chi connectivity index (χ0v) is 10.4. The lowest BCUT2D eigenvalue weighted by Crippen LogP contribution is -2.73. The third-order valence-corrected chi connectivity index (χ3v) is 4.21. The van der Waals surface area contributed by atoms with Gasteiger partial charge in [-0.3, -0.25) is 9.59 Å². The Bertz CT molecular complexity index is 469. The largest absolute Gasteiger partial charge is 0.481 e. The van der Waals surface area contributed by atoms with Gasteiger partial charge in [-0.1, -0.05) is 0 Å². The van der Waals surface area contributed by atoms with Crippen LogP contribution in [0.1, 0.15) is 25.7 Å². The predicted molar refractivity (Wildman–Crippen MR) is 55.0 cm³/mol. The fourth-order valence-corrected chi connectivity index (χ4v) is 3.33. The lowest BCUT2D eigenvalue weighted by atomic mass is 9.45. The molecule has 0 aromatic rings. The Morgan fingerprint density at radius 3 is 1.86 bits per heavy atom. The van der Waals surface area contributed by atoms with Gasteiger partial charge < -0.3 is 10.4 Å². The first-order valence-electron chi connectivity index (χ1n) is 5.99. The zero-order valence-electron chi connectivity index (χ0n) is 10.4. The Morgan fingerprint density at radius 2 is 1.52 bits per heavy atom. The maximum Gasteiger partial charge on any atom is 0.471 e. The van der Waals surface area contributed by atoms with Crippen LogP contribution in [0.25, 0.3) is 0 Å². The van der Waals surface area contributed by atoms with E-state index in [1.807, 2.05) is 0 Å². The molecule has 0 bridgehead atoms. The first-order chi connectivity index (χ1) is 9.30. The Hall–Kier alpha value is -1.48. The number of hydrogen-bond donors (Lipinski definition) is 2. The molecule has 2 saturated carbocycles. The van der Waals surface area contributed by atoms with Crippen molar-refractivity contribution in [3.8, 4) is 0 Å². The molecule has 0 aliphatic heterocycles. The minimum atomic E-state index is -5.40. The van der Waals surface area contributed by atoms with E-state index in [0.717, 1.165) is 5.32 Å². The summed E-state index contributed by atoms with van der Waals surface area (Å²) in [6.45, 7) is 0. The maximum absolute atomic E-state index is 13.0. The van der Waals surface area contributed by atoms with Crippen LogP contribution in [0.2, 0.25) is 0 Å². The minimum absolute atomic E-state index is 0.0119. The molecule has 21 heavy (non-hydrogen) atoms. The van der Waals surface area contributed by atoms with Crippen molar-refractivity contribution in [2.45, 2.75) is 43.6 Å². The third-order valence-electron chi connectivity index (χ3n) is 4.21. The number of carboxylic acid groups (broad SMARTS) is 1. The minimum Gasteiger partial charge on any atom is -0.481 e. The summed E-state index contributed by atoms with van der Waals surface area (Å²) in [5.41, 5.74) is -3.85. The number of carbonyl (C=O) groups excluding carboxylic acids is 1. The molecule has 2 rings (SSSR count). The van der Waals surface area contributed by atoms with Crippen molar-refractivity contribution >= 4 is 11.9 Å². The second kappa shape index (κ2) is 4.26. The summed E-state index contributed by atoms with van der Waals surface area (Å²) in [5.74, 6) is -4.54. The molecule has 0 atom stereocenters. The molecule has 0 saturated heterocycles. The molecular weight excluding hydrogens is 308 g/mol. The molecule has 1 amide bonds. The molecule has 2 N–H and O–H groups in total. The SMILES string of the molecule is O=C(O)C1CC2(C1)CC(NC(=O)C(F)(F)F)(C(F)(F)F)C2. The maximum atomic E-state index is 13.0. The van der Waals surface area contributed by atoms with Crippen LogP contribution in [-0.4, -0.2) is 34.9 Å². The van der Waals surface area contributed by atoms with Gasteiger partial charge >= 0.3 is 24.2 Å². The average molecular weight is 319 g/mol. The van der Waals surface area contributed by atoms with Crippen molar-refractivity contribution in [2.75, 3.05) is 0 Å². The summed E-state index contributed by atoms with van der Waals surface area (Å²) in [6, 6.07) is 0. The molecule has 1 spiro atoms. The molecule has 0 unspecified atom stereocenters. The Balaban J connectivity index is 2.08. The Labute approximate surface area is 114 Å². The van der Waals surface area contributed by atoms with Crippen molar-refractivity contribution < 1.29 is 41.0 Å². The molecule has 2 aliphatic carbocycles. The first-order valence-corrected chi connectivity index (χ1v) is 5.99. The van der Waals surface area contributed by atoms with Gasteiger partial charge in [0, 0.05) is 0 Å². The predicted octanol–water partition coefficient (Wildman–Crippen LogP) is 2.24. The third kappa shape index (κ3) is 2.55.